The van der Waals surface area contributed by atoms with Crippen LogP contribution in [0.3, 0.4) is 0 Å². The summed E-state index contributed by atoms with van der Waals surface area (Å²) in [5, 5.41) is 9.63. The molecule has 4 heteroatoms. The highest BCUT2D eigenvalue weighted by Crippen LogP contribution is 2.02. The molecule has 0 atom stereocenters. The van der Waals surface area contributed by atoms with Crippen LogP contribution in [-0.2, 0) is 17.6 Å². The first-order valence-electron chi connectivity index (χ1n) is 6.13. The molecule has 2 rings (SSSR count). The molecule has 18 heavy (non-hydrogen) atoms. The Morgan fingerprint density at radius 1 is 1.17 bits per heavy atom. The molecule has 2 N–H and O–H groups in total. The molecule has 94 valence electrons. The molecule has 0 spiro atoms. The summed E-state index contributed by atoms with van der Waals surface area (Å²) < 4.78 is 0. The summed E-state index contributed by atoms with van der Waals surface area (Å²) >= 11 is 0. The molecule has 0 saturated carbocycles. The summed E-state index contributed by atoms with van der Waals surface area (Å²) in [6, 6.07) is 12.0. The van der Waals surface area contributed by atoms with Gasteiger partial charge in [0.15, 0.2) is 0 Å². The van der Waals surface area contributed by atoms with Crippen molar-refractivity contribution in [3.8, 4) is 0 Å². The maximum atomic E-state index is 11.6. The number of nitrogens with zero attached hydrogens (tertiary/aromatic N) is 1. The Morgan fingerprint density at radius 3 is 2.72 bits per heavy atom. The van der Waals surface area contributed by atoms with Crippen molar-refractivity contribution in [2.24, 2.45) is 0 Å². The first-order valence-corrected chi connectivity index (χ1v) is 6.13. The summed E-state index contributed by atoms with van der Waals surface area (Å²) in [4.78, 5) is 11.6. The number of carbonyl (C=O) groups excluding carboxylic acids is 1. The number of hydrogen-bond acceptors (Lipinski definition) is 2. The maximum Gasteiger partial charge on any atom is 0.220 e. The van der Waals surface area contributed by atoms with Gasteiger partial charge in [0.2, 0.25) is 5.91 Å². The van der Waals surface area contributed by atoms with E-state index in [0.717, 1.165) is 18.5 Å². The SMILES string of the molecule is O=C(CCc1ccccc1)NCCc1ccn[nH]1. The number of benzene rings is 1. The molecule has 0 bridgehead atoms. The van der Waals surface area contributed by atoms with E-state index in [0.29, 0.717) is 13.0 Å². The first kappa shape index (κ1) is 12.4. The zero-order valence-electron chi connectivity index (χ0n) is 10.2. The smallest absolute Gasteiger partial charge is 0.220 e. The van der Waals surface area contributed by atoms with Gasteiger partial charge >= 0.3 is 0 Å². The highest BCUT2D eigenvalue weighted by Gasteiger charge is 2.02. The van der Waals surface area contributed by atoms with Crippen LogP contribution in [0.25, 0.3) is 0 Å². The van der Waals surface area contributed by atoms with Gasteiger partial charge < -0.3 is 5.32 Å². The van der Waals surface area contributed by atoms with Crippen LogP contribution in [-0.4, -0.2) is 22.6 Å². The van der Waals surface area contributed by atoms with Gasteiger partial charge in [-0.3, -0.25) is 9.89 Å². The number of carbonyl (C=O) groups is 1. The molecule has 0 radical (unpaired) electrons. The summed E-state index contributed by atoms with van der Waals surface area (Å²) in [5.74, 6) is 0.0957. The number of aryl methyl sites for hydroxylation is 1. The Balaban J connectivity index is 1.63. The number of amides is 1. The van der Waals surface area contributed by atoms with Crippen LogP contribution in [0.1, 0.15) is 17.7 Å². The van der Waals surface area contributed by atoms with E-state index in [-0.39, 0.29) is 5.91 Å². The van der Waals surface area contributed by atoms with E-state index < -0.39 is 0 Å². The van der Waals surface area contributed by atoms with Crippen molar-refractivity contribution in [2.45, 2.75) is 19.3 Å². The molecule has 4 nitrogen and oxygen atoms in total. The molecule has 0 saturated heterocycles. The van der Waals surface area contributed by atoms with Gasteiger partial charge in [-0.25, -0.2) is 0 Å². The zero-order valence-corrected chi connectivity index (χ0v) is 10.2. The van der Waals surface area contributed by atoms with Gasteiger partial charge in [0.1, 0.15) is 0 Å². The average molecular weight is 243 g/mol. The van der Waals surface area contributed by atoms with Crippen molar-refractivity contribution >= 4 is 5.91 Å². The molecule has 1 amide bonds. The van der Waals surface area contributed by atoms with E-state index in [4.69, 9.17) is 0 Å². The zero-order chi connectivity index (χ0) is 12.6. The minimum atomic E-state index is 0.0957. The van der Waals surface area contributed by atoms with Gasteiger partial charge in [0, 0.05) is 31.3 Å². The van der Waals surface area contributed by atoms with Crippen LogP contribution in [0.4, 0.5) is 0 Å². The third-order valence-corrected chi connectivity index (χ3v) is 2.76. The highest BCUT2D eigenvalue weighted by molar-refractivity contribution is 5.76. The average Bonchev–Trinajstić information content (AvgIpc) is 2.91. The molecular weight excluding hydrogens is 226 g/mol. The van der Waals surface area contributed by atoms with Gasteiger partial charge in [0.25, 0.3) is 0 Å². The van der Waals surface area contributed by atoms with Crippen molar-refractivity contribution in [1.29, 1.82) is 0 Å². The molecule has 0 unspecified atom stereocenters. The minimum Gasteiger partial charge on any atom is -0.356 e. The van der Waals surface area contributed by atoms with Gasteiger partial charge in [-0.05, 0) is 18.1 Å². The minimum absolute atomic E-state index is 0.0957. The second-order valence-electron chi connectivity index (χ2n) is 4.17. The Kier molecular flexibility index (Phi) is 4.53. The third kappa shape index (κ3) is 4.05. The van der Waals surface area contributed by atoms with E-state index in [1.165, 1.54) is 5.56 Å². The number of H-pyrrole nitrogens is 1. The largest absolute Gasteiger partial charge is 0.356 e. The number of hydrogen-bond donors (Lipinski definition) is 2. The van der Waals surface area contributed by atoms with Gasteiger partial charge in [-0.2, -0.15) is 5.10 Å². The molecule has 2 aromatic rings. The van der Waals surface area contributed by atoms with Crippen LogP contribution in [0.15, 0.2) is 42.6 Å². The fourth-order valence-electron chi connectivity index (χ4n) is 1.75. The third-order valence-electron chi connectivity index (χ3n) is 2.76. The van der Waals surface area contributed by atoms with Crippen LogP contribution in [0, 0.1) is 0 Å². The topological polar surface area (TPSA) is 57.8 Å². The number of aromatic amines is 1. The monoisotopic (exact) mass is 243 g/mol. The van der Waals surface area contributed by atoms with E-state index in [2.05, 4.69) is 15.5 Å². The van der Waals surface area contributed by atoms with Gasteiger partial charge in [-0.15, -0.1) is 0 Å². The summed E-state index contributed by atoms with van der Waals surface area (Å²) in [6.07, 6.45) is 3.83. The lowest BCUT2D eigenvalue weighted by Crippen LogP contribution is -2.25. The Labute approximate surface area is 106 Å². The standard InChI is InChI=1S/C14H17N3O/c18-14(7-6-12-4-2-1-3-5-12)15-10-8-13-9-11-16-17-13/h1-5,9,11H,6-8,10H2,(H,15,18)(H,16,17). The predicted octanol–water partition coefficient (Wildman–Crippen LogP) is 1.70. The molecule has 1 aromatic heterocycles. The lowest BCUT2D eigenvalue weighted by Gasteiger charge is -2.04. The Hall–Kier alpha value is -2.10. The van der Waals surface area contributed by atoms with Gasteiger partial charge in [0.05, 0.1) is 0 Å². The Morgan fingerprint density at radius 2 is 2.00 bits per heavy atom. The normalized spacial score (nSPS) is 10.2. The molecule has 0 aliphatic rings. The lowest BCUT2D eigenvalue weighted by molar-refractivity contribution is -0.121. The van der Waals surface area contributed by atoms with E-state index >= 15 is 0 Å². The van der Waals surface area contributed by atoms with Crippen molar-refractivity contribution < 1.29 is 4.79 Å². The molecule has 1 heterocycles. The predicted molar refractivity (Wildman–Crippen MR) is 70.1 cm³/mol. The fourth-order valence-corrected chi connectivity index (χ4v) is 1.75. The van der Waals surface area contributed by atoms with E-state index in [1.54, 1.807) is 6.20 Å². The Bertz CT molecular complexity index is 465. The number of nitrogens with one attached hydrogen (secondary N) is 2. The van der Waals surface area contributed by atoms with Crippen LogP contribution in [0.5, 0.6) is 0 Å². The van der Waals surface area contributed by atoms with Crippen LogP contribution in [0.2, 0.25) is 0 Å². The quantitative estimate of drug-likeness (QED) is 0.811. The molecular formula is C14H17N3O. The highest BCUT2D eigenvalue weighted by atomic mass is 16.1. The maximum absolute atomic E-state index is 11.6. The van der Waals surface area contributed by atoms with E-state index in [1.807, 2.05) is 36.4 Å². The van der Waals surface area contributed by atoms with Crippen molar-refractivity contribution in [1.82, 2.24) is 15.5 Å². The lowest BCUT2D eigenvalue weighted by atomic mass is 10.1. The molecule has 0 fully saturated rings. The second kappa shape index (κ2) is 6.59. The molecule has 0 aliphatic carbocycles. The van der Waals surface area contributed by atoms with Crippen molar-refractivity contribution in [2.75, 3.05) is 6.54 Å². The summed E-state index contributed by atoms with van der Waals surface area (Å²) in [7, 11) is 0. The number of rotatable bonds is 6. The van der Waals surface area contributed by atoms with Crippen molar-refractivity contribution in [3.05, 3.63) is 53.9 Å². The van der Waals surface area contributed by atoms with Crippen molar-refractivity contribution in [3.63, 3.8) is 0 Å². The van der Waals surface area contributed by atoms with Gasteiger partial charge in [-0.1, -0.05) is 30.3 Å². The van der Waals surface area contributed by atoms with Crippen LogP contribution < -0.4 is 5.32 Å². The van der Waals surface area contributed by atoms with E-state index in [9.17, 15) is 4.79 Å². The number of aromatic nitrogens is 2. The summed E-state index contributed by atoms with van der Waals surface area (Å²) in [5.41, 5.74) is 2.24. The van der Waals surface area contributed by atoms with Crippen LogP contribution >= 0.6 is 0 Å². The second-order valence-corrected chi connectivity index (χ2v) is 4.17. The summed E-state index contributed by atoms with van der Waals surface area (Å²) in [6.45, 7) is 0.649. The molecule has 1 aromatic carbocycles. The first-order chi connectivity index (χ1) is 8.84. The molecule has 0 aliphatic heterocycles. The fraction of sp³-hybridized carbons (Fsp3) is 0.286.